The van der Waals surface area contributed by atoms with Crippen LogP contribution in [0.15, 0.2) is 48.5 Å². The third kappa shape index (κ3) is 4.93. The molecule has 2 aromatic rings. The van der Waals surface area contributed by atoms with Crippen molar-refractivity contribution in [3.05, 3.63) is 59.4 Å². The molecule has 2 aromatic carbocycles. The van der Waals surface area contributed by atoms with Crippen molar-refractivity contribution in [2.24, 2.45) is 0 Å². The fraction of sp³-hybridized carbons (Fsp3) is 0.235. The summed E-state index contributed by atoms with van der Waals surface area (Å²) in [5.74, 6) is -0.992. The summed E-state index contributed by atoms with van der Waals surface area (Å²) in [6.45, 7) is 1.70. The minimum absolute atomic E-state index is 0.219. The molecular formula is C17H18ClFN2O3S. The normalized spacial score (nSPS) is 12.5. The summed E-state index contributed by atoms with van der Waals surface area (Å²) in [4.78, 5) is 12.6. The summed E-state index contributed by atoms with van der Waals surface area (Å²) < 4.78 is 38.7. The molecular weight excluding hydrogens is 367 g/mol. The maximum atomic E-state index is 13.2. The first kappa shape index (κ1) is 19.2. The van der Waals surface area contributed by atoms with Crippen molar-refractivity contribution in [3.8, 4) is 0 Å². The number of hydrogen-bond acceptors (Lipinski definition) is 3. The summed E-state index contributed by atoms with van der Waals surface area (Å²) in [6.07, 6.45) is 1.24. The molecule has 0 bridgehead atoms. The van der Waals surface area contributed by atoms with Crippen LogP contribution in [0, 0.1) is 5.82 Å². The summed E-state index contributed by atoms with van der Waals surface area (Å²) in [5.41, 5.74) is 0.681. The molecule has 134 valence electrons. The minimum Gasteiger partial charge on any atom is -0.324 e. The predicted molar refractivity (Wildman–Crippen MR) is 97.9 cm³/mol. The summed E-state index contributed by atoms with van der Waals surface area (Å²) in [7, 11) is -3.76. The first-order valence-corrected chi connectivity index (χ1v) is 9.76. The van der Waals surface area contributed by atoms with Gasteiger partial charge in [0.05, 0.1) is 11.9 Å². The number of hydrogen-bond donors (Lipinski definition) is 1. The van der Waals surface area contributed by atoms with Crippen LogP contribution in [0.25, 0.3) is 0 Å². The number of carbonyl (C=O) groups excluding carboxylic acids is 1. The Morgan fingerprint density at radius 1 is 1.24 bits per heavy atom. The molecule has 0 fully saturated rings. The average molecular weight is 385 g/mol. The molecule has 0 spiro atoms. The fourth-order valence-corrected chi connectivity index (χ4v) is 3.84. The lowest BCUT2D eigenvalue weighted by atomic mass is 10.2. The van der Waals surface area contributed by atoms with Gasteiger partial charge in [-0.15, -0.1) is 0 Å². The van der Waals surface area contributed by atoms with E-state index in [1.54, 1.807) is 31.2 Å². The molecule has 5 nitrogen and oxygen atoms in total. The van der Waals surface area contributed by atoms with Crippen LogP contribution in [-0.2, 0) is 14.8 Å². The molecule has 0 radical (unpaired) electrons. The van der Waals surface area contributed by atoms with Crippen molar-refractivity contribution < 1.29 is 17.6 Å². The van der Waals surface area contributed by atoms with Crippen LogP contribution in [0.4, 0.5) is 15.8 Å². The van der Waals surface area contributed by atoms with Gasteiger partial charge in [-0.05, 0) is 48.9 Å². The van der Waals surface area contributed by atoms with Gasteiger partial charge in [0, 0.05) is 10.7 Å². The lowest BCUT2D eigenvalue weighted by Crippen LogP contribution is -2.47. The Bertz CT molecular complexity index is 856. The van der Waals surface area contributed by atoms with Crippen molar-refractivity contribution in [1.82, 2.24) is 0 Å². The number of rotatable bonds is 6. The first-order chi connectivity index (χ1) is 11.7. The van der Waals surface area contributed by atoms with Gasteiger partial charge in [0.15, 0.2) is 0 Å². The van der Waals surface area contributed by atoms with E-state index in [0.717, 1.165) is 22.7 Å². The lowest BCUT2D eigenvalue weighted by molar-refractivity contribution is -0.117. The van der Waals surface area contributed by atoms with E-state index in [0.29, 0.717) is 10.7 Å². The number of amides is 1. The highest BCUT2D eigenvalue weighted by atomic mass is 35.5. The van der Waals surface area contributed by atoms with Gasteiger partial charge in [-0.25, -0.2) is 12.8 Å². The molecule has 0 aliphatic carbocycles. The van der Waals surface area contributed by atoms with E-state index < -0.39 is 27.8 Å². The number of nitrogens with zero attached hydrogens (tertiary/aromatic N) is 1. The molecule has 1 amide bonds. The van der Waals surface area contributed by atoms with Crippen molar-refractivity contribution in [2.45, 2.75) is 19.4 Å². The second kappa shape index (κ2) is 7.84. The monoisotopic (exact) mass is 384 g/mol. The van der Waals surface area contributed by atoms with Crippen molar-refractivity contribution >= 4 is 38.9 Å². The number of benzene rings is 2. The topological polar surface area (TPSA) is 66.5 Å². The Morgan fingerprint density at radius 2 is 1.88 bits per heavy atom. The van der Waals surface area contributed by atoms with Crippen molar-refractivity contribution in [3.63, 3.8) is 0 Å². The van der Waals surface area contributed by atoms with Crippen molar-refractivity contribution in [2.75, 3.05) is 15.9 Å². The Balaban J connectivity index is 2.36. The van der Waals surface area contributed by atoms with E-state index in [-0.39, 0.29) is 12.1 Å². The third-order valence-electron chi connectivity index (χ3n) is 3.50. The molecule has 1 N–H and O–H groups in total. The molecule has 0 aliphatic heterocycles. The number of carbonyl (C=O) groups is 1. The quantitative estimate of drug-likeness (QED) is 0.826. The van der Waals surface area contributed by atoms with Gasteiger partial charge in [-0.2, -0.15) is 0 Å². The van der Waals surface area contributed by atoms with Crippen molar-refractivity contribution in [1.29, 1.82) is 0 Å². The van der Waals surface area contributed by atoms with E-state index in [1.165, 1.54) is 12.1 Å². The van der Waals surface area contributed by atoms with Crippen LogP contribution < -0.4 is 9.62 Å². The molecule has 2 rings (SSSR count). The predicted octanol–water partition coefficient (Wildman–Crippen LogP) is 3.66. The van der Waals surface area contributed by atoms with Gasteiger partial charge in [0.25, 0.3) is 0 Å². The second-order valence-corrected chi connectivity index (χ2v) is 7.75. The Hall–Kier alpha value is -2.12. The van der Waals surface area contributed by atoms with Crippen LogP contribution in [0.3, 0.4) is 0 Å². The van der Waals surface area contributed by atoms with Crippen LogP contribution in [0.1, 0.15) is 13.3 Å². The summed E-state index contributed by atoms with van der Waals surface area (Å²) in [6, 6.07) is 10.5. The maximum absolute atomic E-state index is 13.2. The summed E-state index contributed by atoms with van der Waals surface area (Å²) in [5, 5.41) is 3.11. The number of anilines is 2. The van der Waals surface area contributed by atoms with Gasteiger partial charge >= 0.3 is 0 Å². The number of sulfonamides is 1. The highest BCUT2D eigenvalue weighted by Gasteiger charge is 2.31. The van der Waals surface area contributed by atoms with Crippen LogP contribution >= 0.6 is 11.6 Å². The van der Waals surface area contributed by atoms with E-state index in [2.05, 4.69) is 5.32 Å². The molecule has 25 heavy (non-hydrogen) atoms. The zero-order chi connectivity index (χ0) is 18.6. The molecule has 0 saturated carbocycles. The van der Waals surface area contributed by atoms with E-state index >= 15 is 0 Å². The van der Waals surface area contributed by atoms with E-state index in [4.69, 9.17) is 11.6 Å². The van der Waals surface area contributed by atoms with E-state index in [9.17, 15) is 17.6 Å². The highest BCUT2D eigenvalue weighted by molar-refractivity contribution is 7.92. The fourth-order valence-electron chi connectivity index (χ4n) is 2.44. The minimum atomic E-state index is -3.76. The summed E-state index contributed by atoms with van der Waals surface area (Å²) >= 11 is 5.89. The SMILES string of the molecule is CC[C@H](C(=O)Nc1cccc(Cl)c1)N(c1ccc(F)cc1)S(C)(=O)=O. The van der Waals surface area contributed by atoms with Gasteiger partial charge < -0.3 is 5.32 Å². The maximum Gasteiger partial charge on any atom is 0.248 e. The highest BCUT2D eigenvalue weighted by Crippen LogP contribution is 2.24. The van der Waals surface area contributed by atoms with Gasteiger partial charge in [-0.3, -0.25) is 9.10 Å². The first-order valence-electron chi connectivity index (χ1n) is 7.53. The number of nitrogens with one attached hydrogen (secondary N) is 1. The van der Waals surface area contributed by atoms with Crippen LogP contribution in [0.2, 0.25) is 5.02 Å². The van der Waals surface area contributed by atoms with Crippen LogP contribution in [0.5, 0.6) is 0 Å². The third-order valence-corrected chi connectivity index (χ3v) is 4.92. The lowest BCUT2D eigenvalue weighted by Gasteiger charge is -2.30. The molecule has 0 heterocycles. The smallest absolute Gasteiger partial charge is 0.248 e. The Labute approximate surface area is 151 Å². The molecule has 0 aliphatic rings. The zero-order valence-corrected chi connectivity index (χ0v) is 15.3. The Kier molecular flexibility index (Phi) is 6.02. The van der Waals surface area contributed by atoms with E-state index in [1.807, 2.05) is 0 Å². The Morgan fingerprint density at radius 3 is 2.40 bits per heavy atom. The average Bonchev–Trinajstić information content (AvgIpc) is 2.52. The molecule has 1 atom stereocenters. The molecule has 8 heteroatoms. The van der Waals surface area contributed by atoms with Gasteiger partial charge in [0.2, 0.25) is 15.9 Å². The standard InChI is InChI=1S/C17H18ClFN2O3S/c1-3-16(17(22)20-14-6-4-5-12(18)11-14)21(25(2,23)24)15-9-7-13(19)8-10-15/h4-11,16H,3H2,1-2H3,(H,20,22)/t16-/m1/s1. The zero-order valence-electron chi connectivity index (χ0n) is 13.7. The number of halogens is 2. The second-order valence-electron chi connectivity index (χ2n) is 5.46. The van der Waals surface area contributed by atoms with Crippen LogP contribution in [-0.4, -0.2) is 26.6 Å². The molecule has 0 unspecified atom stereocenters. The molecule has 0 aromatic heterocycles. The largest absolute Gasteiger partial charge is 0.324 e. The van der Waals surface area contributed by atoms with Gasteiger partial charge in [-0.1, -0.05) is 24.6 Å². The molecule has 0 saturated heterocycles. The van der Waals surface area contributed by atoms with Gasteiger partial charge in [0.1, 0.15) is 11.9 Å².